The lowest BCUT2D eigenvalue weighted by molar-refractivity contribution is 0.204. The highest BCUT2D eigenvalue weighted by atomic mass is 32.1. The van der Waals surface area contributed by atoms with Crippen molar-refractivity contribution in [1.82, 2.24) is 15.6 Å². The van der Waals surface area contributed by atoms with Crippen LogP contribution in [0.2, 0.25) is 0 Å². The van der Waals surface area contributed by atoms with Gasteiger partial charge in [-0.2, -0.15) is 0 Å². The molecule has 1 rings (SSSR count). The summed E-state index contributed by atoms with van der Waals surface area (Å²) in [6.07, 6.45) is 1.71. The van der Waals surface area contributed by atoms with Gasteiger partial charge in [0.25, 0.3) is 0 Å². The van der Waals surface area contributed by atoms with Crippen LogP contribution in [0.5, 0.6) is 5.88 Å². The summed E-state index contributed by atoms with van der Waals surface area (Å²) in [5.74, 6) is 0.600. The maximum atomic E-state index is 5.10. The monoisotopic (exact) mass is 255 g/mol. The zero-order valence-corrected chi connectivity index (χ0v) is 10.8. The lowest BCUT2D eigenvalue weighted by Crippen LogP contribution is -2.36. The second-order valence-corrected chi connectivity index (χ2v) is 3.72. The Morgan fingerprint density at radius 1 is 1.41 bits per heavy atom. The van der Waals surface area contributed by atoms with Crippen molar-refractivity contribution in [1.29, 1.82) is 0 Å². The summed E-state index contributed by atoms with van der Waals surface area (Å²) in [6.45, 7) is 1.96. The van der Waals surface area contributed by atoms with Crippen LogP contribution in [0, 0.1) is 0 Å². The van der Waals surface area contributed by atoms with Crippen molar-refractivity contribution in [2.24, 2.45) is 0 Å². The van der Waals surface area contributed by atoms with Crippen LogP contribution in [-0.4, -0.2) is 37.5 Å². The molecule has 0 aliphatic rings. The molecule has 0 aromatic carbocycles. The van der Waals surface area contributed by atoms with Gasteiger partial charge in [-0.1, -0.05) is 0 Å². The number of aromatic nitrogens is 1. The number of methoxy groups -OCH3 is 2. The fraction of sp³-hybridized carbons (Fsp3) is 0.455. The third kappa shape index (κ3) is 5.46. The van der Waals surface area contributed by atoms with E-state index in [1.54, 1.807) is 20.4 Å². The van der Waals surface area contributed by atoms with Gasteiger partial charge >= 0.3 is 0 Å². The molecule has 0 amide bonds. The van der Waals surface area contributed by atoms with Crippen molar-refractivity contribution >= 4 is 17.3 Å². The van der Waals surface area contributed by atoms with Gasteiger partial charge in [-0.05, 0) is 23.8 Å². The lowest BCUT2D eigenvalue weighted by atomic mass is 10.2. The van der Waals surface area contributed by atoms with Gasteiger partial charge < -0.3 is 20.1 Å². The van der Waals surface area contributed by atoms with Gasteiger partial charge in [-0.25, -0.2) is 4.98 Å². The van der Waals surface area contributed by atoms with Crippen LogP contribution in [0.25, 0.3) is 0 Å². The van der Waals surface area contributed by atoms with Crippen LogP contribution in [-0.2, 0) is 11.3 Å². The van der Waals surface area contributed by atoms with Gasteiger partial charge in [0.15, 0.2) is 5.11 Å². The van der Waals surface area contributed by atoms with Crippen molar-refractivity contribution in [2.45, 2.75) is 6.54 Å². The second-order valence-electron chi connectivity index (χ2n) is 3.31. The van der Waals surface area contributed by atoms with E-state index in [0.29, 0.717) is 30.7 Å². The Balaban J connectivity index is 2.31. The Hall–Kier alpha value is -1.40. The van der Waals surface area contributed by atoms with Crippen LogP contribution in [0.4, 0.5) is 0 Å². The van der Waals surface area contributed by atoms with Crippen molar-refractivity contribution in [3.63, 3.8) is 0 Å². The second kappa shape index (κ2) is 7.81. The van der Waals surface area contributed by atoms with Gasteiger partial charge in [0, 0.05) is 32.5 Å². The van der Waals surface area contributed by atoms with Crippen molar-refractivity contribution in [3.05, 3.63) is 23.9 Å². The predicted octanol–water partition coefficient (Wildman–Crippen LogP) is 0.701. The Morgan fingerprint density at radius 3 is 2.94 bits per heavy atom. The summed E-state index contributed by atoms with van der Waals surface area (Å²) in [6, 6.07) is 3.78. The van der Waals surface area contributed by atoms with E-state index < -0.39 is 0 Å². The molecule has 2 N–H and O–H groups in total. The van der Waals surface area contributed by atoms with Crippen LogP contribution in [0.15, 0.2) is 18.3 Å². The molecule has 0 spiro atoms. The number of hydrogen-bond acceptors (Lipinski definition) is 4. The van der Waals surface area contributed by atoms with Gasteiger partial charge in [-0.15, -0.1) is 0 Å². The van der Waals surface area contributed by atoms with E-state index in [2.05, 4.69) is 15.6 Å². The summed E-state index contributed by atoms with van der Waals surface area (Å²) in [7, 11) is 3.25. The van der Waals surface area contributed by atoms with Gasteiger partial charge in [-0.3, -0.25) is 0 Å². The summed E-state index contributed by atoms with van der Waals surface area (Å²) in [4.78, 5) is 4.03. The van der Waals surface area contributed by atoms with Crippen LogP contribution >= 0.6 is 12.2 Å². The molecule has 0 saturated heterocycles. The van der Waals surface area contributed by atoms with E-state index in [0.717, 1.165) is 5.56 Å². The van der Waals surface area contributed by atoms with E-state index in [1.807, 2.05) is 12.1 Å². The molecular formula is C11H17N3O2S. The quantitative estimate of drug-likeness (QED) is 0.576. The Bertz CT molecular complexity index is 360. The highest BCUT2D eigenvalue weighted by Crippen LogP contribution is 2.07. The molecule has 0 fully saturated rings. The number of ether oxygens (including phenoxy) is 2. The molecule has 94 valence electrons. The number of hydrogen-bond donors (Lipinski definition) is 2. The lowest BCUT2D eigenvalue weighted by Gasteiger charge is -2.10. The van der Waals surface area contributed by atoms with Crippen molar-refractivity contribution in [2.75, 3.05) is 27.4 Å². The Morgan fingerprint density at radius 2 is 2.24 bits per heavy atom. The van der Waals surface area contributed by atoms with E-state index >= 15 is 0 Å². The zero-order valence-electron chi connectivity index (χ0n) is 10.0. The SMILES string of the molecule is COCCNC(=S)NCc1ccnc(OC)c1. The summed E-state index contributed by atoms with van der Waals surface area (Å²) in [5, 5.41) is 6.73. The average Bonchev–Trinajstić information content (AvgIpc) is 2.37. The molecule has 17 heavy (non-hydrogen) atoms. The first kappa shape index (κ1) is 13.7. The molecule has 6 heteroatoms. The van der Waals surface area contributed by atoms with E-state index in [4.69, 9.17) is 21.7 Å². The molecule has 1 aromatic heterocycles. The third-order valence-electron chi connectivity index (χ3n) is 2.05. The summed E-state index contributed by atoms with van der Waals surface area (Å²) in [5.41, 5.74) is 1.06. The van der Waals surface area contributed by atoms with Crippen LogP contribution < -0.4 is 15.4 Å². The normalized spacial score (nSPS) is 9.76. The maximum absolute atomic E-state index is 5.10. The number of pyridine rings is 1. The van der Waals surface area contributed by atoms with Crippen molar-refractivity contribution in [3.8, 4) is 5.88 Å². The fourth-order valence-electron chi connectivity index (χ4n) is 1.18. The minimum Gasteiger partial charge on any atom is -0.481 e. The van der Waals surface area contributed by atoms with Gasteiger partial charge in [0.05, 0.1) is 13.7 Å². The van der Waals surface area contributed by atoms with Gasteiger partial charge in [0.2, 0.25) is 5.88 Å². The number of thiocarbonyl (C=S) groups is 1. The molecule has 0 saturated carbocycles. The summed E-state index contributed by atoms with van der Waals surface area (Å²) < 4.78 is 9.95. The molecule has 0 unspecified atom stereocenters. The predicted molar refractivity (Wildman–Crippen MR) is 70.1 cm³/mol. The van der Waals surface area contributed by atoms with Crippen molar-refractivity contribution < 1.29 is 9.47 Å². The average molecular weight is 255 g/mol. The first-order valence-corrected chi connectivity index (χ1v) is 5.66. The van der Waals surface area contributed by atoms with Crippen LogP contribution in [0.3, 0.4) is 0 Å². The smallest absolute Gasteiger partial charge is 0.213 e. The topological polar surface area (TPSA) is 55.4 Å². The summed E-state index contributed by atoms with van der Waals surface area (Å²) >= 11 is 5.10. The zero-order chi connectivity index (χ0) is 12.5. The molecule has 0 aliphatic heterocycles. The highest BCUT2D eigenvalue weighted by Gasteiger charge is 1.98. The minimum absolute atomic E-state index is 0.600. The maximum Gasteiger partial charge on any atom is 0.213 e. The molecule has 1 heterocycles. The Labute approximate surface area is 107 Å². The standard InChI is InChI=1S/C11H17N3O2S/c1-15-6-5-13-11(17)14-8-9-3-4-12-10(7-9)16-2/h3-4,7H,5-6,8H2,1-2H3,(H2,13,14,17). The highest BCUT2D eigenvalue weighted by molar-refractivity contribution is 7.80. The van der Waals surface area contributed by atoms with E-state index in [9.17, 15) is 0 Å². The first-order valence-electron chi connectivity index (χ1n) is 5.26. The fourth-order valence-corrected chi connectivity index (χ4v) is 1.36. The number of rotatable bonds is 6. The Kier molecular flexibility index (Phi) is 6.27. The molecule has 0 bridgehead atoms. The number of nitrogens with one attached hydrogen (secondary N) is 2. The largest absolute Gasteiger partial charge is 0.481 e. The third-order valence-corrected chi connectivity index (χ3v) is 2.34. The molecule has 0 atom stereocenters. The van der Waals surface area contributed by atoms with Gasteiger partial charge in [0.1, 0.15) is 0 Å². The van der Waals surface area contributed by atoms with E-state index in [1.165, 1.54) is 0 Å². The molecule has 0 radical (unpaired) electrons. The molecule has 1 aromatic rings. The molecule has 5 nitrogen and oxygen atoms in total. The first-order chi connectivity index (χ1) is 8.26. The molecular weight excluding hydrogens is 238 g/mol. The van der Waals surface area contributed by atoms with E-state index in [-0.39, 0.29) is 0 Å². The van der Waals surface area contributed by atoms with Crippen LogP contribution in [0.1, 0.15) is 5.56 Å². The minimum atomic E-state index is 0.600. The number of nitrogens with zero attached hydrogens (tertiary/aromatic N) is 1. The molecule has 0 aliphatic carbocycles.